The third kappa shape index (κ3) is 4.52. The van der Waals surface area contributed by atoms with E-state index in [0.29, 0.717) is 30.9 Å². The third-order valence-electron chi connectivity index (χ3n) is 5.91. The Labute approximate surface area is 181 Å². The molecule has 3 aromatic rings. The summed E-state index contributed by atoms with van der Waals surface area (Å²) in [5.41, 5.74) is 2.05. The molecule has 0 aliphatic carbocycles. The first kappa shape index (κ1) is 21.2. The molecule has 0 spiro atoms. The summed E-state index contributed by atoms with van der Waals surface area (Å²) in [5, 5.41) is 10.9. The zero-order valence-electron chi connectivity index (χ0n) is 17.8. The van der Waals surface area contributed by atoms with E-state index in [1.807, 2.05) is 24.3 Å². The highest BCUT2D eigenvalue weighted by Crippen LogP contribution is 2.33. The lowest BCUT2D eigenvalue weighted by Crippen LogP contribution is -2.47. The van der Waals surface area contributed by atoms with Crippen molar-refractivity contribution in [1.82, 2.24) is 19.4 Å². The lowest BCUT2D eigenvalue weighted by atomic mass is 9.96. The topological polar surface area (TPSA) is 61.6 Å². The first-order valence-electron chi connectivity index (χ1n) is 10.5. The van der Waals surface area contributed by atoms with Crippen LogP contribution in [0, 0.1) is 12.7 Å². The van der Waals surface area contributed by atoms with Crippen LogP contribution in [0.25, 0.3) is 0 Å². The van der Waals surface area contributed by atoms with Gasteiger partial charge in [-0.1, -0.05) is 18.2 Å². The van der Waals surface area contributed by atoms with Crippen LogP contribution >= 0.6 is 0 Å². The van der Waals surface area contributed by atoms with Crippen LogP contribution in [0.5, 0.6) is 5.75 Å². The zero-order chi connectivity index (χ0) is 22.0. The zero-order valence-corrected chi connectivity index (χ0v) is 17.8. The molecule has 1 atom stereocenters. The maximum absolute atomic E-state index is 14.1. The van der Waals surface area contributed by atoms with Gasteiger partial charge in [-0.3, -0.25) is 14.7 Å². The average Bonchev–Trinajstić information content (AvgIpc) is 2.76. The molecular weight excluding hydrogens is 395 g/mol. The van der Waals surface area contributed by atoms with Crippen LogP contribution < -0.4 is 5.56 Å². The van der Waals surface area contributed by atoms with Gasteiger partial charge in [-0.15, -0.1) is 0 Å². The molecule has 0 radical (unpaired) electrons. The Bertz CT molecular complexity index is 1110. The Morgan fingerprint density at radius 2 is 1.87 bits per heavy atom. The van der Waals surface area contributed by atoms with E-state index in [0.717, 1.165) is 18.8 Å². The van der Waals surface area contributed by atoms with Gasteiger partial charge in [0, 0.05) is 38.1 Å². The number of aromatic nitrogens is 2. The minimum atomic E-state index is -0.535. The molecule has 1 saturated heterocycles. The van der Waals surface area contributed by atoms with Crippen molar-refractivity contribution in [2.24, 2.45) is 0 Å². The van der Waals surface area contributed by atoms with Gasteiger partial charge < -0.3 is 14.6 Å². The Morgan fingerprint density at radius 1 is 1.10 bits per heavy atom. The second kappa shape index (κ2) is 8.99. The summed E-state index contributed by atoms with van der Waals surface area (Å²) in [6.07, 6.45) is 1.69. The van der Waals surface area contributed by atoms with Crippen molar-refractivity contribution in [3.05, 3.63) is 93.4 Å². The van der Waals surface area contributed by atoms with Crippen LogP contribution in [-0.4, -0.2) is 57.7 Å². The van der Waals surface area contributed by atoms with Gasteiger partial charge in [0.15, 0.2) is 0 Å². The first-order chi connectivity index (χ1) is 14.9. The molecule has 2 aromatic heterocycles. The Morgan fingerprint density at radius 3 is 2.55 bits per heavy atom. The molecule has 3 heterocycles. The molecule has 1 N–H and O–H groups in total. The number of aromatic hydroxyl groups is 1. The summed E-state index contributed by atoms with van der Waals surface area (Å²) in [6, 6.07) is 12.9. The van der Waals surface area contributed by atoms with Crippen LogP contribution in [0.3, 0.4) is 0 Å². The van der Waals surface area contributed by atoms with E-state index in [2.05, 4.69) is 21.8 Å². The Balaban J connectivity index is 1.84. The van der Waals surface area contributed by atoms with Crippen LogP contribution in [0.2, 0.25) is 0 Å². The fourth-order valence-corrected chi connectivity index (χ4v) is 4.19. The monoisotopic (exact) mass is 422 g/mol. The van der Waals surface area contributed by atoms with Crippen molar-refractivity contribution in [1.29, 1.82) is 0 Å². The van der Waals surface area contributed by atoms with Crippen molar-refractivity contribution in [2.45, 2.75) is 19.5 Å². The molecule has 1 aliphatic rings. The number of pyridine rings is 2. The van der Waals surface area contributed by atoms with Gasteiger partial charge in [-0.25, -0.2) is 4.39 Å². The summed E-state index contributed by atoms with van der Waals surface area (Å²) in [6.45, 7) is 5.19. The van der Waals surface area contributed by atoms with E-state index in [1.165, 1.54) is 12.1 Å². The molecule has 31 heavy (non-hydrogen) atoms. The number of benzene rings is 1. The molecule has 162 valence electrons. The molecule has 7 heteroatoms. The molecule has 0 bridgehead atoms. The van der Waals surface area contributed by atoms with E-state index >= 15 is 0 Å². The van der Waals surface area contributed by atoms with Crippen LogP contribution in [0.15, 0.2) is 59.5 Å². The molecule has 0 amide bonds. The van der Waals surface area contributed by atoms with E-state index in [9.17, 15) is 14.3 Å². The Kier molecular flexibility index (Phi) is 6.15. The van der Waals surface area contributed by atoms with Crippen molar-refractivity contribution < 1.29 is 9.50 Å². The number of nitrogens with zero attached hydrogens (tertiary/aromatic N) is 4. The number of likely N-dealkylation sites (N-methyl/N-ethyl adjacent to an activating group) is 1. The number of halogens is 1. The lowest BCUT2D eigenvalue weighted by molar-refractivity contribution is 0.125. The minimum absolute atomic E-state index is 0.0621. The number of hydrogen-bond donors (Lipinski definition) is 1. The highest BCUT2D eigenvalue weighted by Gasteiger charge is 2.31. The first-order valence-corrected chi connectivity index (χ1v) is 10.5. The van der Waals surface area contributed by atoms with Gasteiger partial charge >= 0.3 is 0 Å². The van der Waals surface area contributed by atoms with Gasteiger partial charge in [0.25, 0.3) is 5.56 Å². The summed E-state index contributed by atoms with van der Waals surface area (Å²) in [7, 11) is 2.05. The number of hydrogen-bond acceptors (Lipinski definition) is 5. The SMILES string of the molecule is Cc1cc(O)c(C(c2cccc(F)c2)N2CCN(C)CC2)c(=O)n1Cc1ccccn1. The fourth-order valence-electron chi connectivity index (χ4n) is 4.19. The standard InChI is InChI=1S/C24H27FN4O2/c1-17-14-21(30)22(24(31)29(17)16-20-8-3-4-9-26-20)23(18-6-5-7-19(25)15-18)28-12-10-27(2)11-13-28/h3-9,14-15,23,30H,10-13,16H2,1-2H3. The molecule has 1 fully saturated rings. The summed E-state index contributed by atoms with van der Waals surface area (Å²) < 4.78 is 15.7. The predicted molar refractivity (Wildman–Crippen MR) is 118 cm³/mol. The maximum atomic E-state index is 14.1. The number of piperazine rings is 1. The van der Waals surface area contributed by atoms with E-state index in [4.69, 9.17) is 0 Å². The normalized spacial score (nSPS) is 16.4. The molecule has 4 rings (SSSR count). The third-order valence-corrected chi connectivity index (χ3v) is 5.91. The molecule has 1 aromatic carbocycles. The van der Waals surface area contributed by atoms with Crippen molar-refractivity contribution in [3.8, 4) is 5.75 Å². The molecule has 1 aliphatic heterocycles. The Hall–Kier alpha value is -3.03. The van der Waals surface area contributed by atoms with Crippen LogP contribution in [0.1, 0.15) is 28.6 Å². The van der Waals surface area contributed by atoms with E-state index in [1.54, 1.807) is 29.8 Å². The van der Waals surface area contributed by atoms with Crippen molar-refractivity contribution in [2.75, 3.05) is 33.2 Å². The highest BCUT2D eigenvalue weighted by molar-refractivity contribution is 5.41. The second-order valence-corrected chi connectivity index (χ2v) is 8.09. The molecular formula is C24H27FN4O2. The minimum Gasteiger partial charge on any atom is -0.507 e. The van der Waals surface area contributed by atoms with Gasteiger partial charge in [-0.05, 0) is 49.9 Å². The molecule has 6 nitrogen and oxygen atoms in total. The smallest absolute Gasteiger partial charge is 0.260 e. The van der Waals surface area contributed by atoms with Gasteiger partial charge in [-0.2, -0.15) is 0 Å². The maximum Gasteiger partial charge on any atom is 0.260 e. The summed E-state index contributed by atoms with van der Waals surface area (Å²) in [5.74, 6) is -0.426. The molecule has 1 unspecified atom stereocenters. The number of aryl methyl sites for hydroxylation is 1. The quantitative estimate of drug-likeness (QED) is 0.685. The van der Waals surface area contributed by atoms with Crippen LogP contribution in [0.4, 0.5) is 4.39 Å². The van der Waals surface area contributed by atoms with E-state index in [-0.39, 0.29) is 22.7 Å². The highest BCUT2D eigenvalue weighted by atomic mass is 19.1. The largest absolute Gasteiger partial charge is 0.507 e. The van der Waals surface area contributed by atoms with Crippen LogP contribution in [-0.2, 0) is 6.54 Å². The van der Waals surface area contributed by atoms with Gasteiger partial charge in [0.1, 0.15) is 11.6 Å². The average molecular weight is 423 g/mol. The van der Waals surface area contributed by atoms with Gasteiger partial charge in [0.2, 0.25) is 0 Å². The van der Waals surface area contributed by atoms with Gasteiger partial charge in [0.05, 0.1) is 23.8 Å². The van der Waals surface area contributed by atoms with E-state index < -0.39 is 6.04 Å². The van der Waals surface area contributed by atoms with Crippen molar-refractivity contribution >= 4 is 0 Å². The predicted octanol–water partition coefficient (Wildman–Crippen LogP) is 2.78. The fraction of sp³-hybridized carbons (Fsp3) is 0.333. The second-order valence-electron chi connectivity index (χ2n) is 8.09. The lowest BCUT2D eigenvalue weighted by Gasteiger charge is -2.38. The molecule has 0 saturated carbocycles. The van der Waals surface area contributed by atoms with Crippen molar-refractivity contribution in [3.63, 3.8) is 0 Å². The number of rotatable bonds is 5. The summed E-state index contributed by atoms with van der Waals surface area (Å²) >= 11 is 0. The summed E-state index contributed by atoms with van der Waals surface area (Å²) in [4.78, 5) is 22.4.